The first-order chi connectivity index (χ1) is 8.43. The summed E-state index contributed by atoms with van der Waals surface area (Å²) >= 11 is 0. The third kappa shape index (κ3) is 1.16. The van der Waals surface area contributed by atoms with Crippen LogP contribution in [0.15, 0.2) is 36.7 Å². The summed E-state index contributed by atoms with van der Waals surface area (Å²) in [4.78, 5) is 9.22. The molecule has 0 saturated heterocycles. The van der Waals surface area contributed by atoms with Gasteiger partial charge in [0.15, 0.2) is 0 Å². The number of aromatic nitrogens is 3. The standard InChI is InChI=1S/C14H11N3/c1-2-6-11-10(5-1)14-16-12-7-3-4-8-13(12)17(14)9-15-11/h2-4,6-9H,1,5H2. The molecule has 0 aliphatic heterocycles. The third-order valence-corrected chi connectivity index (χ3v) is 3.32. The zero-order chi connectivity index (χ0) is 11.2. The van der Waals surface area contributed by atoms with E-state index >= 15 is 0 Å². The van der Waals surface area contributed by atoms with E-state index in [1.165, 1.54) is 5.56 Å². The maximum atomic E-state index is 4.72. The molecule has 4 rings (SSSR count). The molecule has 2 heterocycles. The molecule has 0 fully saturated rings. The molecule has 2 aromatic heterocycles. The highest BCUT2D eigenvalue weighted by atomic mass is 15.1. The van der Waals surface area contributed by atoms with Gasteiger partial charge in [-0.2, -0.15) is 0 Å². The molecular weight excluding hydrogens is 210 g/mol. The average Bonchev–Trinajstić information content (AvgIpc) is 2.78. The normalized spacial score (nSPS) is 14.4. The number of hydrogen-bond donors (Lipinski definition) is 0. The minimum absolute atomic E-state index is 1.03. The first kappa shape index (κ1) is 8.93. The van der Waals surface area contributed by atoms with E-state index in [1.54, 1.807) is 0 Å². The molecule has 3 nitrogen and oxygen atoms in total. The Kier molecular flexibility index (Phi) is 1.66. The van der Waals surface area contributed by atoms with Crippen LogP contribution in [0, 0.1) is 0 Å². The number of hydrogen-bond acceptors (Lipinski definition) is 2. The van der Waals surface area contributed by atoms with Crippen LogP contribution in [0.5, 0.6) is 0 Å². The lowest BCUT2D eigenvalue weighted by Crippen LogP contribution is -2.02. The summed E-state index contributed by atoms with van der Waals surface area (Å²) < 4.78 is 2.09. The monoisotopic (exact) mass is 221 g/mol. The molecule has 0 radical (unpaired) electrons. The fourth-order valence-corrected chi connectivity index (χ4v) is 2.49. The Balaban J connectivity index is 2.21. The summed E-state index contributed by atoms with van der Waals surface area (Å²) in [5.74, 6) is 0. The highest BCUT2D eigenvalue weighted by Gasteiger charge is 2.13. The highest BCUT2D eigenvalue weighted by molar-refractivity contribution is 5.82. The minimum atomic E-state index is 1.03. The van der Waals surface area contributed by atoms with Gasteiger partial charge in [0.25, 0.3) is 0 Å². The van der Waals surface area contributed by atoms with Gasteiger partial charge in [0, 0.05) is 5.56 Å². The van der Waals surface area contributed by atoms with Crippen molar-refractivity contribution in [1.29, 1.82) is 0 Å². The molecule has 0 atom stereocenters. The van der Waals surface area contributed by atoms with Crippen LogP contribution in [0.2, 0.25) is 0 Å². The van der Waals surface area contributed by atoms with Crippen LogP contribution in [0.4, 0.5) is 0 Å². The van der Waals surface area contributed by atoms with Gasteiger partial charge in [-0.1, -0.05) is 18.2 Å². The Labute approximate surface area is 98.4 Å². The van der Waals surface area contributed by atoms with Gasteiger partial charge in [0.1, 0.15) is 12.0 Å². The van der Waals surface area contributed by atoms with Crippen molar-refractivity contribution in [2.75, 3.05) is 0 Å². The first-order valence-electron chi connectivity index (χ1n) is 5.85. The molecule has 1 aromatic carbocycles. The molecule has 3 heteroatoms. The number of rotatable bonds is 0. The smallest absolute Gasteiger partial charge is 0.144 e. The Morgan fingerprint density at radius 2 is 2.12 bits per heavy atom. The Hall–Kier alpha value is -2.16. The minimum Gasteiger partial charge on any atom is -0.283 e. The summed E-state index contributed by atoms with van der Waals surface area (Å²) in [7, 11) is 0. The molecule has 0 unspecified atom stereocenters. The summed E-state index contributed by atoms with van der Waals surface area (Å²) in [6, 6.07) is 8.19. The van der Waals surface area contributed by atoms with Crippen LogP contribution < -0.4 is 0 Å². The molecule has 0 spiro atoms. The van der Waals surface area contributed by atoms with Crippen molar-refractivity contribution in [3.63, 3.8) is 0 Å². The van der Waals surface area contributed by atoms with Gasteiger partial charge >= 0.3 is 0 Å². The number of imidazole rings is 1. The second-order valence-electron chi connectivity index (χ2n) is 4.34. The maximum Gasteiger partial charge on any atom is 0.144 e. The predicted molar refractivity (Wildman–Crippen MR) is 67.8 cm³/mol. The summed E-state index contributed by atoms with van der Waals surface area (Å²) in [6.45, 7) is 0. The van der Waals surface area contributed by atoms with E-state index in [0.717, 1.165) is 35.2 Å². The lowest BCUT2D eigenvalue weighted by Gasteiger charge is -2.09. The van der Waals surface area contributed by atoms with Crippen molar-refractivity contribution in [3.8, 4) is 0 Å². The van der Waals surface area contributed by atoms with Crippen LogP contribution in [0.1, 0.15) is 17.7 Å². The van der Waals surface area contributed by atoms with E-state index in [1.807, 2.05) is 24.5 Å². The van der Waals surface area contributed by atoms with E-state index in [4.69, 9.17) is 4.98 Å². The van der Waals surface area contributed by atoms with Crippen LogP contribution in [-0.4, -0.2) is 14.4 Å². The maximum absolute atomic E-state index is 4.72. The third-order valence-electron chi connectivity index (χ3n) is 3.32. The summed E-state index contributed by atoms with van der Waals surface area (Å²) in [6.07, 6.45) is 8.26. The van der Waals surface area contributed by atoms with Gasteiger partial charge in [-0.3, -0.25) is 4.40 Å². The zero-order valence-corrected chi connectivity index (χ0v) is 9.30. The van der Waals surface area contributed by atoms with Crippen LogP contribution >= 0.6 is 0 Å². The Bertz CT molecular complexity index is 753. The summed E-state index contributed by atoms with van der Waals surface area (Å²) in [5.41, 5.74) is 5.57. The van der Waals surface area contributed by atoms with Crippen molar-refractivity contribution < 1.29 is 0 Å². The molecule has 17 heavy (non-hydrogen) atoms. The van der Waals surface area contributed by atoms with Crippen molar-refractivity contribution in [2.45, 2.75) is 12.8 Å². The molecule has 1 aliphatic rings. The molecule has 0 N–H and O–H groups in total. The molecule has 82 valence electrons. The van der Waals surface area contributed by atoms with Crippen molar-refractivity contribution in [3.05, 3.63) is 47.9 Å². The number of allylic oxidation sites excluding steroid dienone is 1. The molecule has 0 saturated carbocycles. The van der Waals surface area contributed by atoms with E-state index < -0.39 is 0 Å². The highest BCUT2D eigenvalue weighted by Crippen LogP contribution is 2.24. The molecule has 1 aliphatic carbocycles. The van der Waals surface area contributed by atoms with Crippen molar-refractivity contribution >= 4 is 22.8 Å². The molecular formula is C14H11N3. The zero-order valence-electron chi connectivity index (χ0n) is 9.30. The largest absolute Gasteiger partial charge is 0.283 e. The van der Waals surface area contributed by atoms with Gasteiger partial charge < -0.3 is 0 Å². The van der Waals surface area contributed by atoms with Gasteiger partial charge in [0.05, 0.1) is 16.7 Å². The number of para-hydroxylation sites is 2. The van der Waals surface area contributed by atoms with Crippen LogP contribution in [0.25, 0.3) is 22.8 Å². The number of nitrogens with zero attached hydrogens (tertiary/aromatic N) is 3. The van der Waals surface area contributed by atoms with Crippen molar-refractivity contribution in [1.82, 2.24) is 14.4 Å². The number of benzene rings is 1. The second kappa shape index (κ2) is 3.17. The second-order valence-corrected chi connectivity index (χ2v) is 4.34. The van der Waals surface area contributed by atoms with Crippen LogP contribution in [-0.2, 0) is 6.42 Å². The van der Waals surface area contributed by atoms with E-state index in [9.17, 15) is 0 Å². The Morgan fingerprint density at radius 3 is 3.12 bits per heavy atom. The van der Waals surface area contributed by atoms with E-state index in [2.05, 4.69) is 27.6 Å². The summed E-state index contributed by atoms with van der Waals surface area (Å²) in [5, 5.41) is 0. The van der Waals surface area contributed by atoms with Gasteiger partial charge in [-0.15, -0.1) is 0 Å². The fraction of sp³-hybridized carbons (Fsp3) is 0.143. The quantitative estimate of drug-likeness (QED) is 0.584. The number of aryl methyl sites for hydroxylation is 1. The van der Waals surface area contributed by atoms with Gasteiger partial charge in [0.2, 0.25) is 0 Å². The number of fused-ring (bicyclic) bond motifs is 5. The lowest BCUT2D eigenvalue weighted by molar-refractivity contribution is 0.940. The van der Waals surface area contributed by atoms with Crippen molar-refractivity contribution in [2.24, 2.45) is 0 Å². The van der Waals surface area contributed by atoms with Gasteiger partial charge in [-0.05, 0) is 31.1 Å². The van der Waals surface area contributed by atoms with E-state index in [-0.39, 0.29) is 0 Å². The lowest BCUT2D eigenvalue weighted by atomic mass is 10.0. The topological polar surface area (TPSA) is 30.2 Å². The molecule has 3 aromatic rings. The molecule has 0 amide bonds. The SMILES string of the molecule is C1=Cc2ncn3c(nc4ccccc43)c2CC1. The average molecular weight is 221 g/mol. The van der Waals surface area contributed by atoms with Crippen LogP contribution in [0.3, 0.4) is 0 Å². The first-order valence-corrected chi connectivity index (χ1v) is 5.85. The predicted octanol–water partition coefficient (Wildman–Crippen LogP) is 2.84. The molecule has 0 bridgehead atoms. The fourth-order valence-electron chi connectivity index (χ4n) is 2.49. The van der Waals surface area contributed by atoms with Gasteiger partial charge in [-0.25, -0.2) is 9.97 Å². The van der Waals surface area contributed by atoms with E-state index in [0.29, 0.717) is 0 Å². The Morgan fingerprint density at radius 1 is 1.18 bits per heavy atom.